The van der Waals surface area contributed by atoms with Gasteiger partial charge in [0, 0.05) is 5.75 Å². The number of thioether (sulfide) groups is 1. The number of nitrogens with one attached hydrogen (secondary N) is 1. The van der Waals surface area contributed by atoms with Gasteiger partial charge in [-0.15, -0.1) is 11.8 Å². The Morgan fingerprint density at radius 3 is 2.00 bits per heavy atom. The molecule has 2 rings (SSSR count). The van der Waals surface area contributed by atoms with Crippen LogP contribution in [0.15, 0.2) is 54.6 Å². The molecule has 1 atom stereocenters. The largest absolute Gasteiger partial charge is 0.497 e. The van der Waals surface area contributed by atoms with E-state index in [1.165, 1.54) is 11.8 Å². The number of carbonyl (C=O) groups is 3. The summed E-state index contributed by atoms with van der Waals surface area (Å²) in [5.74, 6) is -0.781. The molecule has 0 aliphatic rings. The van der Waals surface area contributed by atoms with Crippen LogP contribution in [-0.2, 0) is 36.0 Å². The van der Waals surface area contributed by atoms with E-state index >= 15 is 0 Å². The molecule has 0 aromatic heterocycles. The van der Waals surface area contributed by atoms with E-state index in [9.17, 15) is 14.4 Å². The Morgan fingerprint density at radius 2 is 1.47 bits per heavy atom. The minimum absolute atomic E-state index is 0.0876. The number of hydrogen-bond acceptors (Lipinski definition) is 7. The van der Waals surface area contributed by atoms with Gasteiger partial charge in [0.15, 0.2) is 0 Å². The van der Waals surface area contributed by atoms with Crippen molar-refractivity contribution in [2.45, 2.75) is 37.3 Å². The Labute approximate surface area is 192 Å². The highest BCUT2D eigenvalue weighted by Gasteiger charge is 2.33. The van der Waals surface area contributed by atoms with Crippen LogP contribution in [0.25, 0.3) is 0 Å². The van der Waals surface area contributed by atoms with Crippen molar-refractivity contribution in [2.24, 2.45) is 0 Å². The van der Waals surface area contributed by atoms with E-state index in [-0.39, 0.29) is 13.2 Å². The Balaban J connectivity index is 2.16. The van der Waals surface area contributed by atoms with Gasteiger partial charge in [-0.05, 0) is 43.5 Å². The summed E-state index contributed by atoms with van der Waals surface area (Å²) in [4.78, 5) is 37.6. The van der Waals surface area contributed by atoms with Crippen molar-refractivity contribution in [3.8, 4) is 5.75 Å². The minimum atomic E-state index is -1.50. The van der Waals surface area contributed by atoms with Gasteiger partial charge < -0.3 is 19.5 Å². The van der Waals surface area contributed by atoms with E-state index in [0.29, 0.717) is 12.2 Å². The van der Waals surface area contributed by atoms with Crippen molar-refractivity contribution in [3.63, 3.8) is 0 Å². The first-order valence-electron chi connectivity index (χ1n) is 10.4. The quantitative estimate of drug-likeness (QED) is 0.385. The molecule has 1 amide bonds. The molecule has 0 bridgehead atoms. The SMILES string of the molecule is CCOC(=O)C(NC(=O)[C@H](Cc1ccccc1)SCc1ccc(OC)cc1)C(=O)OCC. The zero-order valence-corrected chi connectivity index (χ0v) is 19.4. The Morgan fingerprint density at radius 1 is 0.875 bits per heavy atom. The molecule has 172 valence electrons. The van der Waals surface area contributed by atoms with Gasteiger partial charge in [-0.1, -0.05) is 42.5 Å². The van der Waals surface area contributed by atoms with Gasteiger partial charge in [-0.2, -0.15) is 0 Å². The van der Waals surface area contributed by atoms with Gasteiger partial charge in [0.1, 0.15) is 5.75 Å². The fourth-order valence-electron chi connectivity index (χ4n) is 2.87. The summed E-state index contributed by atoms with van der Waals surface area (Å²) in [5, 5.41) is 2.00. The van der Waals surface area contributed by atoms with Crippen LogP contribution in [0.1, 0.15) is 25.0 Å². The van der Waals surface area contributed by atoms with E-state index in [1.807, 2.05) is 54.6 Å². The fraction of sp³-hybridized carbons (Fsp3) is 0.375. The van der Waals surface area contributed by atoms with E-state index in [4.69, 9.17) is 14.2 Å². The first-order valence-corrected chi connectivity index (χ1v) is 11.4. The van der Waals surface area contributed by atoms with Crippen LogP contribution in [-0.4, -0.2) is 49.5 Å². The maximum atomic E-state index is 13.1. The van der Waals surface area contributed by atoms with Crippen molar-refractivity contribution in [1.82, 2.24) is 5.32 Å². The predicted octanol–water partition coefficient (Wildman–Crippen LogP) is 3.15. The van der Waals surface area contributed by atoms with Crippen molar-refractivity contribution in [1.29, 1.82) is 0 Å². The number of rotatable bonds is 12. The maximum Gasteiger partial charge on any atom is 0.340 e. The van der Waals surface area contributed by atoms with Crippen molar-refractivity contribution >= 4 is 29.6 Å². The maximum absolute atomic E-state index is 13.1. The highest BCUT2D eigenvalue weighted by atomic mass is 32.2. The number of hydrogen-bond donors (Lipinski definition) is 1. The van der Waals surface area contributed by atoms with Crippen molar-refractivity contribution < 1.29 is 28.6 Å². The topological polar surface area (TPSA) is 90.9 Å². The molecular formula is C24H29NO6S. The van der Waals surface area contributed by atoms with Gasteiger partial charge in [0.25, 0.3) is 0 Å². The molecule has 8 heteroatoms. The second-order valence-corrected chi connectivity index (χ2v) is 7.97. The highest BCUT2D eigenvalue weighted by molar-refractivity contribution is 7.99. The molecule has 0 aliphatic heterocycles. The zero-order chi connectivity index (χ0) is 23.3. The van der Waals surface area contributed by atoms with Crippen molar-refractivity contribution in [2.75, 3.05) is 20.3 Å². The molecular weight excluding hydrogens is 430 g/mol. The third-order valence-electron chi connectivity index (χ3n) is 4.50. The molecule has 0 saturated heterocycles. The average Bonchev–Trinajstić information content (AvgIpc) is 2.81. The summed E-state index contributed by atoms with van der Waals surface area (Å²) in [5.41, 5.74) is 1.99. The van der Waals surface area contributed by atoms with Crippen molar-refractivity contribution in [3.05, 3.63) is 65.7 Å². The third-order valence-corrected chi connectivity index (χ3v) is 5.78. The van der Waals surface area contributed by atoms with Crippen LogP contribution in [0.5, 0.6) is 5.75 Å². The number of carbonyl (C=O) groups excluding carboxylic acids is 3. The Hall–Kier alpha value is -3.00. The summed E-state index contributed by atoms with van der Waals surface area (Å²) in [6.07, 6.45) is 0.436. The van der Waals surface area contributed by atoms with Gasteiger partial charge >= 0.3 is 11.9 Å². The second-order valence-electron chi connectivity index (χ2n) is 6.78. The zero-order valence-electron chi connectivity index (χ0n) is 18.5. The van der Waals surface area contributed by atoms with Crippen LogP contribution >= 0.6 is 11.8 Å². The summed E-state index contributed by atoms with van der Waals surface area (Å²) in [7, 11) is 1.60. The number of ether oxygens (including phenoxy) is 3. The highest BCUT2D eigenvalue weighted by Crippen LogP contribution is 2.23. The van der Waals surface area contributed by atoms with Gasteiger partial charge in [-0.25, -0.2) is 9.59 Å². The summed E-state index contributed by atoms with van der Waals surface area (Å²) in [6.45, 7) is 3.43. The Kier molecular flexibility index (Phi) is 10.6. The molecule has 1 N–H and O–H groups in total. The molecule has 7 nitrogen and oxygen atoms in total. The van der Waals surface area contributed by atoms with Gasteiger partial charge in [0.05, 0.1) is 25.6 Å². The van der Waals surface area contributed by atoms with Crippen LogP contribution in [0.2, 0.25) is 0 Å². The lowest BCUT2D eigenvalue weighted by Gasteiger charge is -2.21. The van der Waals surface area contributed by atoms with Gasteiger partial charge in [-0.3, -0.25) is 4.79 Å². The number of methoxy groups -OCH3 is 1. The van der Waals surface area contributed by atoms with Crippen LogP contribution < -0.4 is 10.1 Å². The number of esters is 2. The molecule has 0 saturated carbocycles. The molecule has 0 radical (unpaired) electrons. The van der Waals surface area contributed by atoms with E-state index < -0.39 is 29.1 Å². The molecule has 0 aliphatic carbocycles. The average molecular weight is 460 g/mol. The smallest absolute Gasteiger partial charge is 0.340 e. The third kappa shape index (κ3) is 7.92. The lowest BCUT2D eigenvalue weighted by Crippen LogP contribution is -2.51. The predicted molar refractivity (Wildman–Crippen MR) is 123 cm³/mol. The first-order chi connectivity index (χ1) is 15.5. The minimum Gasteiger partial charge on any atom is -0.497 e. The second kappa shape index (κ2) is 13.4. The fourth-order valence-corrected chi connectivity index (χ4v) is 3.99. The monoisotopic (exact) mass is 459 g/mol. The summed E-state index contributed by atoms with van der Waals surface area (Å²) >= 11 is 1.43. The molecule has 32 heavy (non-hydrogen) atoms. The first kappa shape index (κ1) is 25.3. The molecule has 0 fully saturated rings. The normalized spacial score (nSPS) is 11.5. The number of benzene rings is 2. The summed E-state index contributed by atoms with van der Waals surface area (Å²) in [6, 6.07) is 15.7. The molecule has 0 unspecified atom stereocenters. The Bertz CT molecular complexity index is 854. The number of amides is 1. The lowest BCUT2D eigenvalue weighted by molar-refractivity contribution is -0.159. The van der Waals surface area contributed by atoms with E-state index in [0.717, 1.165) is 16.9 Å². The van der Waals surface area contributed by atoms with Crippen LogP contribution in [0.3, 0.4) is 0 Å². The molecule has 2 aromatic rings. The summed E-state index contributed by atoms with van der Waals surface area (Å²) < 4.78 is 15.1. The van der Waals surface area contributed by atoms with E-state index in [1.54, 1.807) is 21.0 Å². The van der Waals surface area contributed by atoms with Crippen LogP contribution in [0.4, 0.5) is 0 Å². The molecule has 0 heterocycles. The van der Waals surface area contributed by atoms with Crippen LogP contribution in [0, 0.1) is 0 Å². The standard InChI is InChI=1S/C24H29NO6S/c1-4-30-23(27)21(24(28)31-5-2)25-22(26)20(15-17-9-7-6-8-10-17)32-16-18-11-13-19(29-3)14-12-18/h6-14,20-21H,4-5,15-16H2,1-3H3,(H,25,26)/t20-/m0/s1. The molecule has 0 spiro atoms. The van der Waals surface area contributed by atoms with E-state index in [2.05, 4.69) is 5.32 Å². The van der Waals surface area contributed by atoms with Gasteiger partial charge in [0.2, 0.25) is 11.9 Å². The molecule has 2 aromatic carbocycles. The lowest BCUT2D eigenvalue weighted by atomic mass is 10.1.